The Morgan fingerprint density at radius 3 is 1.11 bits per heavy atom. The van der Waals surface area contributed by atoms with Crippen molar-refractivity contribution in [3.63, 3.8) is 0 Å². The first-order valence-corrected chi connectivity index (χ1v) is 12.3. The van der Waals surface area contributed by atoms with Crippen molar-refractivity contribution in [2.45, 2.75) is 0 Å². The van der Waals surface area contributed by atoms with Crippen LogP contribution in [0.4, 0.5) is 8.78 Å². The molecule has 5 rings (SSSR count). The maximum atomic E-state index is 16.3. The first kappa shape index (κ1) is 27.9. The van der Waals surface area contributed by atoms with Gasteiger partial charge in [0.1, 0.15) is 23.8 Å². The molecule has 0 spiro atoms. The minimum absolute atomic E-state index is 0.0372. The number of nitrogens with zero attached hydrogens (tertiary/aromatic N) is 8. The minimum atomic E-state index is -1.21. The van der Waals surface area contributed by atoms with Gasteiger partial charge in [-0.05, 0) is 52.1 Å². The smallest absolute Gasteiger partial charge is 0.226 e. The predicted molar refractivity (Wildman–Crippen MR) is 152 cm³/mol. The SMILES string of the molecule is [C-]#[N+]/C(C#N)=C1\C(F)=C(C#N)c2c1c(-c1ccc(C#N)cc1)c1c(c2-c2ccc(C#N)cc2)C(C#N)=C(F)/C1=C(\C#N)[N+]#[C-]. The van der Waals surface area contributed by atoms with E-state index in [-0.39, 0.29) is 55.6 Å². The van der Waals surface area contributed by atoms with E-state index in [1.54, 1.807) is 24.3 Å². The van der Waals surface area contributed by atoms with Gasteiger partial charge in [0.05, 0.1) is 59.7 Å². The third-order valence-electron chi connectivity index (χ3n) is 7.12. The van der Waals surface area contributed by atoms with Crippen LogP contribution in [-0.4, -0.2) is 0 Å². The van der Waals surface area contributed by atoms with Crippen LogP contribution in [0.25, 0.3) is 54.2 Å². The highest BCUT2D eigenvalue weighted by Gasteiger charge is 2.43. The molecule has 8 nitrogen and oxygen atoms in total. The van der Waals surface area contributed by atoms with E-state index in [4.69, 9.17) is 13.1 Å². The maximum absolute atomic E-state index is 16.3. The van der Waals surface area contributed by atoms with Gasteiger partial charge in [-0.1, -0.05) is 24.3 Å². The van der Waals surface area contributed by atoms with Crippen molar-refractivity contribution in [2.75, 3.05) is 0 Å². The molecule has 44 heavy (non-hydrogen) atoms. The number of fused-ring (bicyclic) bond motifs is 2. The second kappa shape index (κ2) is 10.8. The van der Waals surface area contributed by atoms with E-state index < -0.39 is 45.3 Å². The number of halogens is 2. The van der Waals surface area contributed by atoms with Crippen LogP contribution in [-0.2, 0) is 0 Å². The molecule has 10 heteroatoms. The summed E-state index contributed by atoms with van der Waals surface area (Å²) in [5.74, 6) is -2.41. The van der Waals surface area contributed by atoms with E-state index in [1.807, 2.05) is 12.1 Å². The maximum Gasteiger partial charge on any atom is 0.272 e. The number of hydrogen-bond acceptors (Lipinski definition) is 6. The fraction of sp³-hybridized carbons (Fsp3) is 0. The van der Waals surface area contributed by atoms with Crippen molar-refractivity contribution in [3.05, 3.63) is 128 Å². The van der Waals surface area contributed by atoms with E-state index in [0.29, 0.717) is 0 Å². The highest BCUT2D eigenvalue weighted by molar-refractivity contribution is 6.20. The monoisotopic (exact) mass is 566 g/mol. The molecule has 0 saturated carbocycles. The lowest BCUT2D eigenvalue weighted by molar-refractivity contribution is 0.681. The zero-order valence-corrected chi connectivity index (χ0v) is 22.0. The van der Waals surface area contributed by atoms with Gasteiger partial charge in [-0.2, -0.15) is 21.0 Å². The molecule has 0 heterocycles. The molecule has 0 N–H and O–H groups in total. The van der Waals surface area contributed by atoms with Crippen molar-refractivity contribution in [1.29, 1.82) is 31.6 Å². The van der Waals surface area contributed by atoms with Crippen molar-refractivity contribution < 1.29 is 8.78 Å². The number of benzene rings is 3. The second-order valence-corrected chi connectivity index (χ2v) is 9.12. The molecule has 0 bridgehead atoms. The quantitative estimate of drug-likeness (QED) is 0.231. The fourth-order valence-corrected chi connectivity index (χ4v) is 5.37. The highest BCUT2D eigenvalue weighted by Crippen LogP contribution is 2.60. The first-order chi connectivity index (χ1) is 21.3. The average molecular weight is 566 g/mol. The topological polar surface area (TPSA) is 151 Å². The van der Waals surface area contributed by atoms with Crippen molar-refractivity contribution in [1.82, 2.24) is 0 Å². The van der Waals surface area contributed by atoms with Crippen LogP contribution >= 0.6 is 0 Å². The summed E-state index contributed by atoms with van der Waals surface area (Å²) in [6, 6.07) is 22.2. The normalized spacial score (nSPS) is 14.8. The first-order valence-electron chi connectivity index (χ1n) is 12.3. The van der Waals surface area contributed by atoms with Crippen LogP contribution in [0.1, 0.15) is 33.4 Å². The van der Waals surface area contributed by atoms with Gasteiger partial charge >= 0.3 is 0 Å². The fourth-order valence-electron chi connectivity index (χ4n) is 5.37. The summed E-state index contributed by atoms with van der Waals surface area (Å²) >= 11 is 0. The Labute approximate surface area is 249 Å². The molecule has 0 aromatic heterocycles. The van der Waals surface area contributed by atoms with Gasteiger partial charge in [0.2, 0.25) is 0 Å². The summed E-state index contributed by atoms with van der Waals surface area (Å²) in [4.78, 5) is 6.35. The molecule has 3 aromatic rings. The van der Waals surface area contributed by atoms with Gasteiger partial charge in [-0.25, -0.2) is 29.0 Å². The van der Waals surface area contributed by atoms with E-state index in [9.17, 15) is 31.6 Å². The summed E-state index contributed by atoms with van der Waals surface area (Å²) in [7, 11) is 0. The zero-order chi connectivity index (χ0) is 31.7. The molecule has 0 amide bonds. The second-order valence-electron chi connectivity index (χ2n) is 9.12. The summed E-state index contributed by atoms with van der Waals surface area (Å²) in [6.07, 6.45) is 0. The van der Waals surface area contributed by atoms with Crippen LogP contribution in [0, 0.1) is 81.1 Å². The molecule has 198 valence electrons. The standard InChI is InChI=1S/C34H8F2N8/c1-43-23(15-41)29-31-26(20-9-5-18(12-38)6-10-20)32-28(22(14-40)34(36)30(32)24(16-42)44-2)25(27(31)21(13-39)33(29)35)19-7-3-17(11-37)4-8-19/h3-10H/b29-23-,30-24+. The van der Waals surface area contributed by atoms with Crippen LogP contribution in [0.2, 0.25) is 0 Å². The van der Waals surface area contributed by atoms with Crippen molar-refractivity contribution in [3.8, 4) is 58.7 Å². The van der Waals surface area contributed by atoms with Gasteiger partial charge in [0.25, 0.3) is 11.4 Å². The molecular formula is C34H8F2N8. The molecule has 0 unspecified atom stereocenters. The van der Waals surface area contributed by atoms with Gasteiger partial charge in [-0.3, -0.25) is 0 Å². The molecule has 0 aliphatic heterocycles. The van der Waals surface area contributed by atoms with Crippen LogP contribution in [0.5, 0.6) is 0 Å². The molecule has 2 aliphatic rings. The Bertz CT molecular complexity index is 2210. The Morgan fingerprint density at radius 2 is 0.841 bits per heavy atom. The Morgan fingerprint density at radius 1 is 0.500 bits per heavy atom. The summed E-state index contributed by atoms with van der Waals surface area (Å²) in [5, 5.41) is 58.8. The van der Waals surface area contributed by atoms with Gasteiger partial charge < -0.3 is 0 Å². The lowest BCUT2D eigenvalue weighted by Crippen LogP contribution is -2.04. The number of rotatable bonds is 2. The van der Waals surface area contributed by atoms with E-state index >= 15 is 8.78 Å². The van der Waals surface area contributed by atoms with E-state index in [2.05, 4.69) is 9.69 Å². The summed E-state index contributed by atoms with van der Waals surface area (Å²) in [5.41, 5.74) is -3.60. The average Bonchev–Trinajstić information content (AvgIpc) is 3.51. The van der Waals surface area contributed by atoms with Gasteiger partial charge in [0, 0.05) is 27.8 Å². The molecule has 0 saturated heterocycles. The zero-order valence-electron chi connectivity index (χ0n) is 22.0. The molecule has 0 fully saturated rings. The number of nitriles is 6. The minimum Gasteiger partial charge on any atom is -0.226 e. The van der Waals surface area contributed by atoms with Gasteiger partial charge in [0.15, 0.2) is 0 Å². The van der Waals surface area contributed by atoms with Crippen molar-refractivity contribution >= 4 is 22.3 Å². The molecule has 3 aromatic carbocycles. The van der Waals surface area contributed by atoms with Crippen molar-refractivity contribution in [2.24, 2.45) is 0 Å². The van der Waals surface area contributed by atoms with Crippen LogP contribution in [0.3, 0.4) is 0 Å². The third-order valence-corrected chi connectivity index (χ3v) is 7.12. The Kier molecular flexibility index (Phi) is 6.83. The highest BCUT2D eigenvalue weighted by atomic mass is 19.1. The molecule has 0 atom stereocenters. The summed E-state index contributed by atoms with van der Waals surface area (Å²) in [6.45, 7) is 15.2. The van der Waals surface area contributed by atoms with Crippen LogP contribution in [0.15, 0.2) is 71.6 Å². The summed E-state index contributed by atoms with van der Waals surface area (Å²) < 4.78 is 32.6. The third kappa shape index (κ3) is 3.81. The molecule has 0 radical (unpaired) electrons. The van der Waals surface area contributed by atoms with Crippen LogP contribution < -0.4 is 0 Å². The predicted octanol–water partition coefficient (Wildman–Crippen LogP) is 7.51. The number of allylic oxidation sites excluding steroid dienone is 8. The largest absolute Gasteiger partial charge is 0.272 e. The Hall–Kier alpha value is -7.60. The number of hydrogen-bond donors (Lipinski definition) is 0. The molecular weight excluding hydrogens is 558 g/mol. The lowest BCUT2D eigenvalue weighted by Gasteiger charge is -2.23. The van der Waals surface area contributed by atoms with E-state index in [1.165, 1.54) is 48.5 Å². The Balaban J connectivity index is 2.21. The van der Waals surface area contributed by atoms with E-state index in [0.717, 1.165) is 0 Å². The van der Waals surface area contributed by atoms with Gasteiger partial charge in [-0.15, -0.1) is 0 Å². The molecule has 2 aliphatic carbocycles. The lowest BCUT2D eigenvalue weighted by atomic mass is 9.78.